The lowest BCUT2D eigenvalue weighted by Crippen LogP contribution is -2.24. The van der Waals surface area contributed by atoms with Crippen LogP contribution in [0.15, 0.2) is 46.5 Å². The lowest BCUT2D eigenvalue weighted by molar-refractivity contribution is 0.127. The molecule has 4 aliphatic carbocycles. The van der Waals surface area contributed by atoms with Crippen LogP contribution < -0.4 is 0 Å². The van der Waals surface area contributed by atoms with E-state index in [-0.39, 0.29) is 14.0 Å². The Morgan fingerprint density at radius 1 is 0.828 bits per heavy atom. The summed E-state index contributed by atoms with van der Waals surface area (Å²) in [6.07, 6.45) is 27.3. The van der Waals surface area contributed by atoms with E-state index in [9.17, 15) is 0 Å². The molecule has 0 saturated heterocycles. The second kappa shape index (κ2) is 10.5. The van der Waals surface area contributed by atoms with Crippen molar-refractivity contribution < 1.29 is 9.47 Å². The molecule has 160 valence electrons. The Bertz CT molecular complexity index is 657. The molecule has 0 aromatic rings. The quantitative estimate of drug-likeness (QED) is 0.416. The number of hydrogen-bond acceptors (Lipinski definition) is 2. The van der Waals surface area contributed by atoms with Crippen molar-refractivity contribution in [3.8, 4) is 0 Å². The van der Waals surface area contributed by atoms with Gasteiger partial charge in [0.15, 0.2) is 0 Å². The SMILES string of the molecule is COC1=C(C2=C(P(C3CCCCC3)C3CCCCC3)C=CCC2)C(OC)CC=C1. The normalized spacial score (nSPS) is 27.2. The summed E-state index contributed by atoms with van der Waals surface area (Å²) in [5.74, 6) is 1.04. The molecule has 3 heteroatoms. The van der Waals surface area contributed by atoms with Crippen LogP contribution in [0.1, 0.15) is 83.5 Å². The second-order valence-corrected chi connectivity index (χ2v) is 11.9. The number of rotatable bonds is 6. The maximum Gasteiger partial charge on any atom is 0.124 e. The smallest absolute Gasteiger partial charge is 0.124 e. The van der Waals surface area contributed by atoms with Gasteiger partial charge in [0.05, 0.1) is 13.2 Å². The Hall–Kier alpha value is -0.850. The Morgan fingerprint density at radius 2 is 1.48 bits per heavy atom. The first kappa shape index (κ1) is 21.4. The fourth-order valence-electron chi connectivity index (χ4n) is 5.98. The van der Waals surface area contributed by atoms with Crippen molar-refractivity contribution in [3.05, 3.63) is 46.5 Å². The first-order chi connectivity index (χ1) is 14.3. The fraction of sp³-hybridized carbons (Fsp3) is 0.692. The maximum absolute atomic E-state index is 5.97. The van der Waals surface area contributed by atoms with Gasteiger partial charge in [-0.15, -0.1) is 0 Å². The number of allylic oxidation sites excluding steroid dienone is 4. The van der Waals surface area contributed by atoms with Gasteiger partial charge < -0.3 is 9.47 Å². The van der Waals surface area contributed by atoms with Gasteiger partial charge >= 0.3 is 0 Å². The predicted molar refractivity (Wildman–Crippen MR) is 125 cm³/mol. The van der Waals surface area contributed by atoms with E-state index in [1.807, 2.05) is 14.2 Å². The zero-order valence-corrected chi connectivity index (χ0v) is 19.4. The Morgan fingerprint density at radius 3 is 2.07 bits per heavy atom. The van der Waals surface area contributed by atoms with Gasteiger partial charge in [-0.25, -0.2) is 0 Å². The van der Waals surface area contributed by atoms with Crippen molar-refractivity contribution in [2.45, 2.75) is 101 Å². The third kappa shape index (κ3) is 4.75. The van der Waals surface area contributed by atoms with E-state index in [4.69, 9.17) is 9.47 Å². The molecule has 2 saturated carbocycles. The van der Waals surface area contributed by atoms with Crippen LogP contribution in [0.3, 0.4) is 0 Å². The molecule has 0 aliphatic heterocycles. The summed E-state index contributed by atoms with van der Waals surface area (Å²) >= 11 is 0. The van der Waals surface area contributed by atoms with Crippen molar-refractivity contribution in [2.75, 3.05) is 14.2 Å². The van der Waals surface area contributed by atoms with E-state index >= 15 is 0 Å². The molecule has 1 atom stereocenters. The van der Waals surface area contributed by atoms with Crippen LogP contribution in [0.4, 0.5) is 0 Å². The Balaban J connectivity index is 1.79. The molecule has 4 aliphatic rings. The van der Waals surface area contributed by atoms with E-state index in [0.29, 0.717) is 0 Å². The van der Waals surface area contributed by atoms with Crippen molar-refractivity contribution in [2.24, 2.45) is 0 Å². The van der Waals surface area contributed by atoms with Crippen molar-refractivity contribution >= 4 is 7.92 Å². The maximum atomic E-state index is 5.97. The second-order valence-electron chi connectivity index (χ2n) is 9.14. The van der Waals surface area contributed by atoms with Gasteiger partial charge in [0.2, 0.25) is 0 Å². The molecule has 0 aromatic heterocycles. The summed E-state index contributed by atoms with van der Waals surface area (Å²) in [6.45, 7) is 0. The van der Waals surface area contributed by atoms with Gasteiger partial charge in [-0.3, -0.25) is 0 Å². The van der Waals surface area contributed by atoms with Crippen molar-refractivity contribution in [1.82, 2.24) is 0 Å². The number of ether oxygens (including phenoxy) is 2. The molecule has 2 nitrogen and oxygen atoms in total. The van der Waals surface area contributed by atoms with Gasteiger partial charge in [-0.1, -0.05) is 64.7 Å². The summed E-state index contributed by atoms with van der Waals surface area (Å²) in [5, 5.41) is 1.71. The molecule has 2 fully saturated rings. The van der Waals surface area contributed by atoms with Gasteiger partial charge in [-0.05, 0) is 73.2 Å². The minimum atomic E-state index is -0.104. The van der Waals surface area contributed by atoms with E-state index in [0.717, 1.165) is 36.3 Å². The molecule has 0 N–H and O–H groups in total. The minimum Gasteiger partial charge on any atom is -0.496 e. The summed E-state index contributed by atoms with van der Waals surface area (Å²) < 4.78 is 11.8. The standard InChI is InChI=1S/C26H39O2P/c1-27-23-17-11-18-24(28-2)26(23)22-16-9-10-19-25(22)29(20-12-5-3-6-13-20)21-14-7-4-8-15-21/h10-11,17,19-21,24H,3-9,12-16,18H2,1-2H3. The first-order valence-corrected chi connectivity index (χ1v) is 13.5. The zero-order valence-electron chi connectivity index (χ0n) is 18.5. The molecule has 29 heavy (non-hydrogen) atoms. The third-order valence-corrected chi connectivity index (χ3v) is 11.0. The van der Waals surface area contributed by atoms with Gasteiger partial charge in [-0.2, -0.15) is 0 Å². The van der Waals surface area contributed by atoms with E-state index < -0.39 is 0 Å². The lowest BCUT2D eigenvalue weighted by atomic mass is 9.88. The Labute approximate surface area is 179 Å². The Kier molecular flexibility index (Phi) is 7.71. The fourth-order valence-corrected chi connectivity index (χ4v) is 10.0. The van der Waals surface area contributed by atoms with Gasteiger partial charge in [0, 0.05) is 12.7 Å². The molecule has 4 rings (SSSR count). The monoisotopic (exact) mass is 414 g/mol. The van der Waals surface area contributed by atoms with Crippen LogP contribution in [0, 0.1) is 0 Å². The predicted octanol–water partition coefficient (Wildman–Crippen LogP) is 7.61. The lowest BCUT2D eigenvalue weighted by Gasteiger charge is -2.41. The van der Waals surface area contributed by atoms with Crippen LogP contribution in [0.2, 0.25) is 0 Å². The highest BCUT2D eigenvalue weighted by Gasteiger charge is 2.36. The number of hydrogen-bond donors (Lipinski definition) is 0. The van der Waals surface area contributed by atoms with E-state index in [1.54, 1.807) is 10.9 Å². The minimum absolute atomic E-state index is 0.104. The zero-order chi connectivity index (χ0) is 20.1. The highest BCUT2D eigenvalue weighted by Crippen LogP contribution is 2.63. The number of methoxy groups -OCH3 is 2. The first-order valence-electron chi connectivity index (χ1n) is 12.0. The topological polar surface area (TPSA) is 18.5 Å². The largest absolute Gasteiger partial charge is 0.496 e. The third-order valence-electron chi connectivity index (χ3n) is 7.40. The van der Waals surface area contributed by atoms with Crippen LogP contribution in [-0.4, -0.2) is 31.6 Å². The van der Waals surface area contributed by atoms with E-state index in [2.05, 4.69) is 24.3 Å². The van der Waals surface area contributed by atoms with Crippen LogP contribution >= 0.6 is 7.92 Å². The molecule has 0 heterocycles. The molecule has 0 amide bonds. The average molecular weight is 415 g/mol. The summed E-state index contributed by atoms with van der Waals surface area (Å²) in [6, 6.07) is 0. The highest BCUT2D eigenvalue weighted by atomic mass is 31.1. The van der Waals surface area contributed by atoms with Gasteiger partial charge in [0.1, 0.15) is 5.76 Å². The average Bonchev–Trinajstić information content (AvgIpc) is 2.80. The van der Waals surface area contributed by atoms with E-state index in [1.165, 1.54) is 69.8 Å². The summed E-state index contributed by atoms with van der Waals surface area (Å²) in [7, 11) is 3.58. The molecule has 0 radical (unpaired) electrons. The van der Waals surface area contributed by atoms with Crippen LogP contribution in [0.5, 0.6) is 0 Å². The molecule has 0 bridgehead atoms. The molecular weight excluding hydrogens is 375 g/mol. The molecular formula is C26H39O2P. The molecule has 0 spiro atoms. The molecule has 1 unspecified atom stereocenters. The summed E-state index contributed by atoms with van der Waals surface area (Å²) in [4.78, 5) is 0. The van der Waals surface area contributed by atoms with Gasteiger partial charge in [0.25, 0.3) is 0 Å². The molecule has 0 aromatic carbocycles. The van der Waals surface area contributed by atoms with Crippen molar-refractivity contribution in [1.29, 1.82) is 0 Å². The van der Waals surface area contributed by atoms with Crippen LogP contribution in [-0.2, 0) is 9.47 Å². The van der Waals surface area contributed by atoms with Crippen LogP contribution in [0.25, 0.3) is 0 Å². The highest BCUT2D eigenvalue weighted by molar-refractivity contribution is 7.63. The summed E-state index contributed by atoms with van der Waals surface area (Å²) in [5.41, 5.74) is 4.81. The van der Waals surface area contributed by atoms with Crippen molar-refractivity contribution in [3.63, 3.8) is 0 Å².